The van der Waals surface area contributed by atoms with E-state index in [-0.39, 0.29) is 23.2 Å². The molecule has 0 radical (unpaired) electrons. The first-order valence-electron chi connectivity index (χ1n) is 9.36. The van der Waals surface area contributed by atoms with Gasteiger partial charge in [-0.1, -0.05) is 41.9 Å². The Morgan fingerprint density at radius 1 is 1.29 bits per heavy atom. The maximum absolute atomic E-state index is 12.1. The Morgan fingerprint density at radius 3 is 2.83 bits per heavy atom. The molecule has 0 heterocycles. The minimum atomic E-state index is -0.0499. The van der Waals surface area contributed by atoms with Crippen LogP contribution in [0.15, 0.2) is 46.6 Å². The van der Waals surface area contributed by atoms with Crippen molar-refractivity contribution in [1.29, 1.82) is 0 Å². The molecule has 4 rings (SSSR count). The zero-order valence-electron chi connectivity index (χ0n) is 15.1. The molecule has 0 aromatic rings. The summed E-state index contributed by atoms with van der Waals surface area (Å²) in [5.41, 5.74) is 5.39. The number of aliphatic hydroxyl groups excluding tert-OH is 1. The maximum atomic E-state index is 12.1. The monoisotopic (exact) mass is 324 g/mol. The molecule has 0 bridgehead atoms. The Balaban J connectivity index is 1.78. The molecule has 2 saturated carbocycles. The van der Waals surface area contributed by atoms with Gasteiger partial charge in [0.15, 0.2) is 5.78 Å². The molecule has 0 aromatic carbocycles. The second kappa shape index (κ2) is 5.29. The second-order valence-electron chi connectivity index (χ2n) is 8.55. The first kappa shape index (κ1) is 16.1. The number of rotatable bonds is 1. The topological polar surface area (TPSA) is 37.3 Å². The highest BCUT2D eigenvalue weighted by atomic mass is 16.2. The van der Waals surface area contributed by atoms with Crippen LogP contribution < -0.4 is 0 Å². The molecule has 2 nitrogen and oxygen atoms in total. The number of ketones is 1. The molecule has 2 heteroatoms. The summed E-state index contributed by atoms with van der Waals surface area (Å²) >= 11 is 0. The van der Waals surface area contributed by atoms with E-state index in [2.05, 4.69) is 32.1 Å². The molecule has 0 aliphatic heterocycles. The van der Waals surface area contributed by atoms with E-state index >= 15 is 0 Å². The lowest BCUT2D eigenvalue weighted by atomic mass is 9.52. The van der Waals surface area contributed by atoms with Crippen molar-refractivity contribution in [3.63, 3.8) is 0 Å². The Hall–Kier alpha value is -1.41. The average Bonchev–Trinajstić information content (AvgIpc) is 2.86. The molecular weight excluding hydrogens is 296 g/mol. The van der Waals surface area contributed by atoms with Crippen molar-refractivity contribution >= 4 is 5.78 Å². The summed E-state index contributed by atoms with van der Waals surface area (Å²) in [6, 6.07) is 0. The van der Waals surface area contributed by atoms with Gasteiger partial charge in [-0.05, 0) is 74.9 Å². The van der Waals surface area contributed by atoms with Crippen LogP contribution >= 0.6 is 0 Å². The standard InChI is InChI=1S/C22H28O2/c1-14-13-22(3)16(12-20(14)24)4-6-17-18-7-5-15(9-11-23)21(18,2)10-8-19(17)22/h8-9,12-13,17-18,23H,4-7,10-11H2,1-3H3/t17-,18-,21+,22-/m0/s1. The molecule has 0 unspecified atom stereocenters. The van der Waals surface area contributed by atoms with Gasteiger partial charge in [-0.25, -0.2) is 0 Å². The van der Waals surface area contributed by atoms with Crippen molar-refractivity contribution in [1.82, 2.24) is 0 Å². The molecule has 4 atom stereocenters. The third-order valence-electron chi connectivity index (χ3n) is 7.44. The van der Waals surface area contributed by atoms with Gasteiger partial charge in [0.05, 0.1) is 6.61 Å². The van der Waals surface area contributed by atoms with Crippen LogP contribution in [0.25, 0.3) is 0 Å². The maximum Gasteiger partial charge on any atom is 0.181 e. The number of hydrogen-bond acceptors (Lipinski definition) is 2. The highest BCUT2D eigenvalue weighted by molar-refractivity contribution is 6.05. The molecule has 2 fully saturated rings. The summed E-state index contributed by atoms with van der Waals surface area (Å²) in [6.45, 7) is 6.83. The highest BCUT2D eigenvalue weighted by Gasteiger charge is 2.53. The fourth-order valence-corrected chi connectivity index (χ4v) is 6.10. The first-order valence-corrected chi connectivity index (χ1v) is 9.36. The molecule has 0 spiro atoms. The van der Waals surface area contributed by atoms with Crippen molar-refractivity contribution in [3.8, 4) is 0 Å². The fourth-order valence-electron chi connectivity index (χ4n) is 6.10. The van der Waals surface area contributed by atoms with E-state index in [0.717, 1.165) is 24.8 Å². The number of fused-ring (bicyclic) bond motifs is 5. The van der Waals surface area contributed by atoms with Crippen molar-refractivity contribution in [2.45, 2.75) is 52.9 Å². The van der Waals surface area contributed by atoms with Crippen LogP contribution in [-0.4, -0.2) is 17.5 Å². The predicted octanol–water partition coefficient (Wildman–Crippen LogP) is 4.52. The van der Waals surface area contributed by atoms with Gasteiger partial charge >= 0.3 is 0 Å². The largest absolute Gasteiger partial charge is 0.392 e. The summed E-state index contributed by atoms with van der Waals surface area (Å²) in [5.74, 6) is 1.49. The lowest BCUT2D eigenvalue weighted by molar-refractivity contribution is -0.111. The van der Waals surface area contributed by atoms with E-state index in [9.17, 15) is 9.90 Å². The first-order chi connectivity index (χ1) is 11.4. The number of allylic oxidation sites excluding steroid dienone is 7. The second-order valence-corrected chi connectivity index (χ2v) is 8.55. The van der Waals surface area contributed by atoms with E-state index in [1.54, 1.807) is 5.57 Å². The van der Waals surface area contributed by atoms with Gasteiger partial charge in [-0.3, -0.25) is 4.79 Å². The van der Waals surface area contributed by atoms with E-state index in [0.29, 0.717) is 11.8 Å². The zero-order chi connectivity index (χ0) is 17.1. The van der Waals surface area contributed by atoms with E-state index in [4.69, 9.17) is 0 Å². The van der Waals surface area contributed by atoms with Crippen LogP contribution in [0, 0.1) is 22.7 Å². The van der Waals surface area contributed by atoms with Gasteiger partial charge in [0.25, 0.3) is 0 Å². The molecule has 24 heavy (non-hydrogen) atoms. The Bertz CT molecular complexity index is 720. The molecule has 4 aliphatic rings. The van der Waals surface area contributed by atoms with Gasteiger partial charge in [-0.2, -0.15) is 0 Å². The van der Waals surface area contributed by atoms with E-state index < -0.39 is 0 Å². The molecule has 0 aromatic heterocycles. The van der Waals surface area contributed by atoms with Crippen LogP contribution in [0.5, 0.6) is 0 Å². The Morgan fingerprint density at radius 2 is 2.08 bits per heavy atom. The fraction of sp³-hybridized carbons (Fsp3) is 0.591. The molecule has 1 N–H and O–H groups in total. The highest BCUT2D eigenvalue weighted by Crippen LogP contribution is 2.63. The van der Waals surface area contributed by atoms with Crippen molar-refractivity contribution < 1.29 is 9.90 Å². The molecule has 0 saturated heterocycles. The average molecular weight is 324 g/mol. The summed E-state index contributed by atoms with van der Waals surface area (Å²) in [4.78, 5) is 12.1. The summed E-state index contributed by atoms with van der Waals surface area (Å²) in [5, 5.41) is 9.37. The third kappa shape index (κ3) is 2.02. The quantitative estimate of drug-likeness (QED) is 0.720. The van der Waals surface area contributed by atoms with Gasteiger partial charge in [-0.15, -0.1) is 0 Å². The van der Waals surface area contributed by atoms with Crippen LogP contribution in [0.1, 0.15) is 52.9 Å². The van der Waals surface area contributed by atoms with Crippen LogP contribution in [0.3, 0.4) is 0 Å². The van der Waals surface area contributed by atoms with E-state index in [1.807, 2.05) is 13.0 Å². The summed E-state index contributed by atoms with van der Waals surface area (Å²) < 4.78 is 0. The summed E-state index contributed by atoms with van der Waals surface area (Å²) in [7, 11) is 0. The lowest BCUT2D eigenvalue weighted by Crippen LogP contribution is -2.42. The van der Waals surface area contributed by atoms with Gasteiger partial charge in [0.1, 0.15) is 0 Å². The predicted molar refractivity (Wildman–Crippen MR) is 96.4 cm³/mol. The summed E-state index contributed by atoms with van der Waals surface area (Å²) in [6.07, 6.45) is 14.3. The van der Waals surface area contributed by atoms with Crippen LogP contribution in [-0.2, 0) is 4.79 Å². The number of carbonyl (C=O) groups is 1. The van der Waals surface area contributed by atoms with Crippen molar-refractivity contribution in [3.05, 3.63) is 46.6 Å². The third-order valence-corrected chi connectivity index (χ3v) is 7.44. The molecular formula is C22H28O2. The minimum absolute atomic E-state index is 0.0499. The van der Waals surface area contributed by atoms with Crippen molar-refractivity contribution in [2.75, 3.05) is 6.61 Å². The van der Waals surface area contributed by atoms with Crippen LogP contribution in [0.4, 0.5) is 0 Å². The molecule has 4 aliphatic carbocycles. The van der Waals surface area contributed by atoms with E-state index in [1.165, 1.54) is 24.0 Å². The Labute approximate surface area is 145 Å². The lowest BCUT2D eigenvalue weighted by Gasteiger charge is -2.51. The smallest absolute Gasteiger partial charge is 0.181 e. The van der Waals surface area contributed by atoms with Gasteiger partial charge < -0.3 is 5.11 Å². The number of aliphatic hydroxyl groups is 1. The Kier molecular flexibility index (Phi) is 3.55. The van der Waals surface area contributed by atoms with Crippen molar-refractivity contribution in [2.24, 2.45) is 22.7 Å². The zero-order valence-corrected chi connectivity index (χ0v) is 15.1. The normalized spacial score (nSPS) is 42.8. The molecule has 0 amide bonds. The minimum Gasteiger partial charge on any atom is -0.392 e. The SMILES string of the molecule is CC1=C[C@@]2(C)C(=CC1=O)CC[C@@H]1C2=CC[C@]2(C)C(=CCO)CC[C@@H]12. The van der Waals surface area contributed by atoms with Gasteiger partial charge in [0.2, 0.25) is 0 Å². The number of hydrogen-bond donors (Lipinski definition) is 1. The van der Waals surface area contributed by atoms with Gasteiger partial charge in [0, 0.05) is 5.41 Å². The van der Waals surface area contributed by atoms with Crippen LogP contribution in [0.2, 0.25) is 0 Å². The number of carbonyl (C=O) groups excluding carboxylic acids is 1. The molecule has 128 valence electrons.